The second kappa shape index (κ2) is 5.44. The lowest BCUT2D eigenvalue weighted by atomic mass is 9.91. The van der Waals surface area contributed by atoms with E-state index in [9.17, 15) is 0 Å². The lowest BCUT2D eigenvalue weighted by Gasteiger charge is -2.16. The number of rotatable bonds is 2. The molecule has 0 aliphatic rings. The normalized spacial score (nSPS) is 13.5. The van der Waals surface area contributed by atoms with E-state index in [-0.39, 0.29) is 10.8 Å². The Morgan fingerprint density at radius 3 is 2.29 bits per heavy atom. The molecule has 3 heterocycles. The van der Waals surface area contributed by atoms with Gasteiger partial charge >= 0.3 is 0 Å². The van der Waals surface area contributed by atoms with E-state index in [0.29, 0.717) is 22.3 Å². The highest BCUT2D eigenvalue weighted by atomic mass is 32.1. The summed E-state index contributed by atoms with van der Waals surface area (Å²) in [5.74, 6) is 0.684. The van der Waals surface area contributed by atoms with Gasteiger partial charge in [-0.15, -0.1) is 25.5 Å². The molecule has 0 amide bonds. The number of nitrogens with one attached hydrogen (secondary N) is 1. The molecule has 1 N–H and O–H groups in total. The first-order valence-corrected chi connectivity index (χ1v) is 8.59. The van der Waals surface area contributed by atoms with Crippen molar-refractivity contribution in [3.63, 3.8) is 0 Å². The molecule has 128 valence electrons. The van der Waals surface area contributed by atoms with Crippen molar-refractivity contribution in [2.45, 2.75) is 59.3 Å². The van der Waals surface area contributed by atoms with Gasteiger partial charge in [-0.2, -0.15) is 4.63 Å². The standard InChI is InChI=1S/C15H22N8S/c1-8-16-11-9(10(14(2,3)4)22-23(11)21-8)17-19-13-20-18-12(24-13)15(5,6)7/h22H,1-7H3. The first-order chi connectivity index (χ1) is 11.1. The van der Waals surface area contributed by atoms with Crippen molar-refractivity contribution in [2.75, 3.05) is 0 Å². The number of fused-ring (bicyclic) bond motifs is 1. The van der Waals surface area contributed by atoms with Crippen molar-refractivity contribution >= 4 is 27.8 Å². The van der Waals surface area contributed by atoms with Crippen LogP contribution in [-0.2, 0) is 10.8 Å². The maximum Gasteiger partial charge on any atom is 0.251 e. The summed E-state index contributed by atoms with van der Waals surface area (Å²) < 4.78 is 1.64. The van der Waals surface area contributed by atoms with Crippen LogP contribution in [0.3, 0.4) is 0 Å². The van der Waals surface area contributed by atoms with Crippen LogP contribution in [0, 0.1) is 6.92 Å². The summed E-state index contributed by atoms with van der Waals surface area (Å²) in [5, 5.41) is 26.1. The highest BCUT2D eigenvalue weighted by molar-refractivity contribution is 7.15. The predicted molar refractivity (Wildman–Crippen MR) is 93.6 cm³/mol. The smallest absolute Gasteiger partial charge is 0.251 e. The fourth-order valence-corrected chi connectivity index (χ4v) is 2.91. The molecule has 8 nitrogen and oxygen atoms in total. The van der Waals surface area contributed by atoms with Crippen molar-refractivity contribution in [1.82, 2.24) is 30.0 Å². The third kappa shape index (κ3) is 3.08. The van der Waals surface area contributed by atoms with E-state index in [4.69, 9.17) is 0 Å². The SMILES string of the molecule is Cc1nc2c(N=Nc3nnc(C(C)(C)C)s3)c(C(C)(C)C)[nH]n2n1. The fraction of sp³-hybridized carbons (Fsp3) is 0.600. The van der Waals surface area contributed by atoms with Gasteiger partial charge in [0.2, 0.25) is 5.65 Å². The molecule has 3 aromatic heterocycles. The topological polar surface area (TPSA) is 96.5 Å². The lowest BCUT2D eigenvalue weighted by molar-refractivity contribution is 0.557. The zero-order valence-electron chi connectivity index (χ0n) is 15.0. The molecule has 3 aromatic rings. The molecular formula is C15H22N8S. The van der Waals surface area contributed by atoms with Crippen LogP contribution in [0.1, 0.15) is 58.1 Å². The van der Waals surface area contributed by atoms with Crippen LogP contribution in [-0.4, -0.2) is 30.0 Å². The summed E-state index contributed by atoms with van der Waals surface area (Å²) in [7, 11) is 0. The molecule has 0 aliphatic carbocycles. The van der Waals surface area contributed by atoms with E-state index in [1.807, 2.05) is 6.92 Å². The highest BCUT2D eigenvalue weighted by Crippen LogP contribution is 2.35. The molecule has 0 unspecified atom stereocenters. The second-order valence-corrected chi connectivity index (χ2v) is 8.78. The van der Waals surface area contributed by atoms with E-state index >= 15 is 0 Å². The largest absolute Gasteiger partial charge is 0.277 e. The summed E-state index contributed by atoms with van der Waals surface area (Å²) in [6.07, 6.45) is 0. The maximum absolute atomic E-state index is 4.44. The number of aromatic nitrogens is 6. The molecule has 0 atom stereocenters. The summed E-state index contributed by atoms with van der Waals surface area (Å²) in [6, 6.07) is 0. The number of H-pyrrole nitrogens is 1. The van der Waals surface area contributed by atoms with E-state index in [1.54, 1.807) is 4.63 Å². The van der Waals surface area contributed by atoms with E-state index in [2.05, 4.69) is 77.1 Å². The van der Waals surface area contributed by atoms with Crippen molar-refractivity contribution < 1.29 is 0 Å². The monoisotopic (exact) mass is 346 g/mol. The first kappa shape index (κ1) is 16.7. The Kier molecular flexibility index (Phi) is 3.78. The number of aryl methyl sites for hydroxylation is 1. The third-order valence-electron chi connectivity index (χ3n) is 3.42. The molecule has 3 rings (SSSR count). The Balaban J connectivity index is 2.03. The van der Waals surface area contributed by atoms with Crippen molar-refractivity contribution in [3.05, 3.63) is 16.5 Å². The number of nitrogens with zero attached hydrogens (tertiary/aromatic N) is 7. The van der Waals surface area contributed by atoms with E-state index in [1.165, 1.54) is 11.3 Å². The maximum atomic E-state index is 4.44. The molecule has 0 saturated heterocycles. The second-order valence-electron chi connectivity index (χ2n) is 7.82. The lowest BCUT2D eigenvalue weighted by Crippen LogP contribution is -2.12. The van der Waals surface area contributed by atoms with Crippen LogP contribution >= 0.6 is 11.3 Å². The minimum absolute atomic E-state index is 0.0481. The van der Waals surface area contributed by atoms with Gasteiger partial charge in [0.1, 0.15) is 10.8 Å². The van der Waals surface area contributed by atoms with Crippen LogP contribution in [0.4, 0.5) is 10.8 Å². The van der Waals surface area contributed by atoms with E-state index in [0.717, 1.165) is 10.7 Å². The van der Waals surface area contributed by atoms with Gasteiger partial charge in [-0.1, -0.05) is 52.9 Å². The molecular weight excluding hydrogens is 324 g/mol. The number of azo groups is 1. The van der Waals surface area contributed by atoms with Crippen LogP contribution in [0.2, 0.25) is 0 Å². The van der Waals surface area contributed by atoms with Crippen molar-refractivity contribution in [1.29, 1.82) is 0 Å². The van der Waals surface area contributed by atoms with Gasteiger partial charge in [0.05, 0.1) is 5.69 Å². The molecule has 9 heteroatoms. The van der Waals surface area contributed by atoms with Crippen LogP contribution in [0.15, 0.2) is 10.2 Å². The minimum Gasteiger partial charge on any atom is -0.277 e. The van der Waals surface area contributed by atoms with E-state index < -0.39 is 0 Å². The van der Waals surface area contributed by atoms with Crippen molar-refractivity contribution in [3.8, 4) is 0 Å². The number of hydrogen-bond donors (Lipinski definition) is 1. The van der Waals surface area contributed by atoms with Gasteiger partial charge in [-0.3, -0.25) is 5.10 Å². The molecule has 0 fully saturated rings. The Labute approximate surface area is 144 Å². The molecule has 0 spiro atoms. The van der Waals surface area contributed by atoms with Gasteiger partial charge in [0, 0.05) is 10.8 Å². The third-order valence-corrected chi connectivity index (χ3v) is 4.65. The van der Waals surface area contributed by atoms with Crippen LogP contribution < -0.4 is 0 Å². The Bertz CT molecular complexity index is 900. The summed E-state index contributed by atoms with van der Waals surface area (Å²) in [5.41, 5.74) is 2.11. The van der Waals surface area contributed by atoms with Crippen LogP contribution in [0.25, 0.3) is 5.65 Å². The Hall–Kier alpha value is -2.16. The van der Waals surface area contributed by atoms with Gasteiger partial charge in [-0.25, -0.2) is 4.98 Å². The molecule has 24 heavy (non-hydrogen) atoms. The van der Waals surface area contributed by atoms with Crippen molar-refractivity contribution in [2.24, 2.45) is 10.2 Å². The summed E-state index contributed by atoms with van der Waals surface area (Å²) in [4.78, 5) is 4.44. The van der Waals surface area contributed by atoms with Gasteiger partial charge in [-0.05, 0) is 6.92 Å². The quantitative estimate of drug-likeness (QED) is 0.702. The molecule has 0 radical (unpaired) electrons. The number of aromatic amines is 1. The summed E-state index contributed by atoms with van der Waals surface area (Å²) >= 11 is 1.45. The van der Waals surface area contributed by atoms with Gasteiger partial charge < -0.3 is 0 Å². The van der Waals surface area contributed by atoms with Gasteiger partial charge in [0.25, 0.3) is 5.13 Å². The van der Waals surface area contributed by atoms with Crippen LogP contribution in [0.5, 0.6) is 0 Å². The highest BCUT2D eigenvalue weighted by Gasteiger charge is 2.25. The number of hydrogen-bond acceptors (Lipinski definition) is 7. The predicted octanol–water partition coefficient (Wildman–Crippen LogP) is 4.23. The molecule has 0 aromatic carbocycles. The molecule has 0 bridgehead atoms. The zero-order chi connectivity index (χ0) is 17.7. The fourth-order valence-electron chi connectivity index (χ4n) is 2.19. The zero-order valence-corrected chi connectivity index (χ0v) is 15.9. The minimum atomic E-state index is -0.137. The molecule has 0 aliphatic heterocycles. The Morgan fingerprint density at radius 2 is 1.71 bits per heavy atom. The average Bonchev–Trinajstić information content (AvgIpc) is 3.08. The van der Waals surface area contributed by atoms with Gasteiger partial charge in [0.15, 0.2) is 5.69 Å². The molecule has 0 saturated carbocycles. The first-order valence-electron chi connectivity index (χ1n) is 7.77. The summed E-state index contributed by atoms with van der Waals surface area (Å²) in [6.45, 7) is 14.5. The average molecular weight is 346 g/mol. The Morgan fingerprint density at radius 1 is 1.00 bits per heavy atom.